The molecule has 0 saturated carbocycles. The van der Waals surface area contributed by atoms with Crippen LogP contribution in [-0.2, 0) is 24.2 Å². The fourth-order valence-corrected chi connectivity index (χ4v) is 5.53. The number of carbonyl (C=O) groups is 1. The van der Waals surface area contributed by atoms with Gasteiger partial charge >= 0.3 is 0 Å². The Labute approximate surface area is 236 Å². The molecule has 3 N–H and O–H groups in total. The van der Waals surface area contributed by atoms with Crippen LogP contribution >= 0.6 is 0 Å². The monoisotopic (exact) mass is 538 g/mol. The number of ether oxygens (including phenoxy) is 1. The van der Waals surface area contributed by atoms with E-state index in [-0.39, 0.29) is 0 Å². The highest BCUT2D eigenvalue weighted by atomic mass is 16.5. The molecule has 7 nitrogen and oxygen atoms in total. The molecule has 7 heteroatoms. The molecule has 0 aliphatic heterocycles. The molecule has 40 heavy (non-hydrogen) atoms. The Hall–Kier alpha value is -3.91. The van der Waals surface area contributed by atoms with Gasteiger partial charge in [0.25, 0.3) is 5.91 Å². The molecule has 1 heterocycles. The van der Waals surface area contributed by atoms with E-state index >= 15 is 0 Å². The smallest absolute Gasteiger partial charge is 0.267 e. The summed E-state index contributed by atoms with van der Waals surface area (Å²) in [6, 6.07) is 23.7. The average molecular weight is 539 g/mol. The maximum Gasteiger partial charge on any atom is 0.267 e. The first-order chi connectivity index (χ1) is 19.5. The molecule has 1 atom stereocenters. The summed E-state index contributed by atoms with van der Waals surface area (Å²) in [4.78, 5) is 19.6. The third-order valence-electron chi connectivity index (χ3n) is 7.65. The number of fused-ring (bicyclic) bond motifs is 2. The first-order valence-corrected chi connectivity index (χ1v) is 13.9. The van der Waals surface area contributed by atoms with Crippen molar-refractivity contribution in [1.29, 1.82) is 0 Å². The van der Waals surface area contributed by atoms with Crippen molar-refractivity contribution in [3.8, 4) is 5.75 Å². The number of aromatic amines is 1. The van der Waals surface area contributed by atoms with Gasteiger partial charge in [-0.1, -0.05) is 48.5 Å². The van der Waals surface area contributed by atoms with Gasteiger partial charge in [0, 0.05) is 48.9 Å². The molecule has 0 bridgehead atoms. The van der Waals surface area contributed by atoms with E-state index in [1.54, 1.807) is 11.6 Å². The number of likely N-dealkylation sites (N-methyl/N-ethyl adjacent to an activating group) is 1. The minimum absolute atomic E-state index is 0.315. The van der Waals surface area contributed by atoms with Gasteiger partial charge < -0.3 is 14.6 Å². The zero-order valence-corrected chi connectivity index (χ0v) is 23.3. The summed E-state index contributed by atoms with van der Waals surface area (Å²) in [6.45, 7) is 3.34. The molecule has 0 saturated heterocycles. The summed E-state index contributed by atoms with van der Waals surface area (Å²) < 4.78 is 5.91. The fourth-order valence-electron chi connectivity index (χ4n) is 5.53. The molecule has 5 rings (SSSR count). The lowest BCUT2D eigenvalue weighted by atomic mass is 10.0. The predicted octanol–water partition coefficient (Wildman–Crippen LogP) is 5.36. The van der Waals surface area contributed by atoms with Crippen LogP contribution in [0.15, 0.2) is 79.0 Å². The van der Waals surface area contributed by atoms with E-state index in [1.807, 2.05) is 14.1 Å². The number of H-pyrrole nitrogens is 1. The summed E-state index contributed by atoms with van der Waals surface area (Å²) in [5.74, 6) is 0.369. The highest BCUT2D eigenvalue weighted by Gasteiger charge is 2.28. The van der Waals surface area contributed by atoms with Crippen LogP contribution in [0.2, 0.25) is 0 Å². The molecule has 208 valence electrons. The molecule has 3 aromatic carbocycles. The molecule has 1 aliphatic carbocycles. The number of nitrogens with zero attached hydrogens (tertiary/aromatic N) is 2. The van der Waals surface area contributed by atoms with Crippen LogP contribution in [0.4, 0.5) is 0 Å². The summed E-state index contributed by atoms with van der Waals surface area (Å²) in [7, 11) is 4.09. The first kappa shape index (κ1) is 27.6. The Morgan fingerprint density at radius 3 is 2.73 bits per heavy atom. The second-order valence-electron chi connectivity index (χ2n) is 10.7. The van der Waals surface area contributed by atoms with Crippen molar-refractivity contribution in [1.82, 2.24) is 20.3 Å². The lowest BCUT2D eigenvalue weighted by Crippen LogP contribution is -2.29. The van der Waals surface area contributed by atoms with Crippen molar-refractivity contribution in [3.05, 3.63) is 107 Å². The number of aryl methyl sites for hydroxylation is 1. The largest absolute Gasteiger partial charge is 0.492 e. The van der Waals surface area contributed by atoms with Crippen LogP contribution in [-0.4, -0.2) is 59.7 Å². The van der Waals surface area contributed by atoms with Crippen LogP contribution in [0.5, 0.6) is 5.75 Å². The Kier molecular flexibility index (Phi) is 8.96. The van der Waals surface area contributed by atoms with Crippen LogP contribution in [0.1, 0.15) is 40.3 Å². The minimum Gasteiger partial charge on any atom is -0.492 e. The summed E-state index contributed by atoms with van der Waals surface area (Å²) in [6.07, 6.45) is 8.23. The summed E-state index contributed by atoms with van der Waals surface area (Å²) in [5.41, 5.74) is 9.05. The maximum atomic E-state index is 11.4. The van der Waals surface area contributed by atoms with Gasteiger partial charge in [0.1, 0.15) is 12.4 Å². The molecule has 0 fully saturated rings. The van der Waals surface area contributed by atoms with Crippen molar-refractivity contribution in [2.24, 2.45) is 0 Å². The van der Waals surface area contributed by atoms with Crippen molar-refractivity contribution < 1.29 is 14.7 Å². The quantitative estimate of drug-likeness (QED) is 0.129. The van der Waals surface area contributed by atoms with Crippen molar-refractivity contribution in [3.63, 3.8) is 0 Å². The van der Waals surface area contributed by atoms with Gasteiger partial charge in [-0.2, -0.15) is 0 Å². The Morgan fingerprint density at radius 1 is 1.10 bits per heavy atom. The molecule has 1 aromatic heterocycles. The number of benzene rings is 3. The minimum atomic E-state index is -0.532. The molecule has 0 spiro atoms. The molecular formula is C33H38N4O3. The zero-order valence-electron chi connectivity index (χ0n) is 23.3. The molecule has 1 amide bonds. The Balaban J connectivity index is 1.34. The van der Waals surface area contributed by atoms with Gasteiger partial charge in [0.05, 0.1) is 0 Å². The zero-order chi connectivity index (χ0) is 27.9. The number of hydrogen-bond acceptors (Lipinski definition) is 5. The average Bonchev–Trinajstić information content (AvgIpc) is 3.58. The number of para-hydroxylation sites is 1. The van der Waals surface area contributed by atoms with Crippen LogP contribution in [0.25, 0.3) is 17.0 Å². The topological polar surface area (TPSA) is 80.8 Å². The van der Waals surface area contributed by atoms with Gasteiger partial charge in [-0.05, 0) is 85.5 Å². The number of aromatic nitrogens is 1. The maximum absolute atomic E-state index is 11.4. The lowest BCUT2D eigenvalue weighted by molar-refractivity contribution is -0.124. The van der Waals surface area contributed by atoms with Crippen LogP contribution in [0, 0.1) is 0 Å². The van der Waals surface area contributed by atoms with Crippen molar-refractivity contribution in [2.75, 3.05) is 33.8 Å². The van der Waals surface area contributed by atoms with E-state index < -0.39 is 5.91 Å². The normalized spacial score (nSPS) is 14.9. The first-order valence-electron chi connectivity index (χ1n) is 13.9. The van der Waals surface area contributed by atoms with Crippen molar-refractivity contribution in [2.45, 2.75) is 31.8 Å². The third kappa shape index (κ3) is 6.80. The van der Waals surface area contributed by atoms with Crippen LogP contribution in [0.3, 0.4) is 0 Å². The predicted molar refractivity (Wildman–Crippen MR) is 159 cm³/mol. The second-order valence-corrected chi connectivity index (χ2v) is 10.7. The van der Waals surface area contributed by atoms with E-state index in [9.17, 15) is 4.79 Å². The van der Waals surface area contributed by atoms with E-state index in [4.69, 9.17) is 9.94 Å². The van der Waals surface area contributed by atoms with Gasteiger partial charge in [-0.15, -0.1) is 0 Å². The van der Waals surface area contributed by atoms with Gasteiger partial charge in [0.15, 0.2) is 0 Å². The molecule has 4 aromatic rings. The standard InChI is InChI=1S/C33H38N4O3/c1-36(2)19-20-40-28-12-7-25(8-13-28)23-37(18-17-27-22-34-31-6-4-3-5-29(27)31)32-15-11-26-21-24(9-14-30(26)32)10-16-33(38)35-39/h3-10,12-14,16,21-22,32,34,39H,11,15,17-20,23H2,1-2H3,(H,35,38)/b16-10+. The number of hydroxylamine groups is 1. The molecular weight excluding hydrogens is 500 g/mol. The molecule has 1 unspecified atom stereocenters. The summed E-state index contributed by atoms with van der Waals surface area (Å²) >= 11 is 0. The lowest BCUT2D eigenvalue weighted by Gasteiger charge is -2.30. The number of rotatable bonds is 12. The fraction of sp³-hybridized carbons (Fsp3) is 0.303. The SMILES string of the molecule is CN(C)CCOc1ccc(CN(CCc2c[nH]c3ccccc23)C2CCc3cc(/C=C/C(=O)NO)ccc32)cc1. The number of carbonyl (C=O) groups excluding carboxylic acids is 1. The Morgan fingerprint density at radius 2 is 1.93 bits per heavy atom. The number of nitrogens with one attached hydrogen (secondary N) is 2. The van der Waals surface area contributed by atoms with E-state index in [0.29, 0.717) is 12.6 Å². The van der Waals surface area contributed by atoms with E-state index in [0.717, 1.165) is 50.2 Å². The second kappa shape index (κ2) is 13.0. The molecule has 0 radical (unpaired) electrons. The highest BCUT2D eigenvalue weighted by molar-refractivity contribution is 5.90. The van der Waals surface area contributed by atoms with E-state index in [2.05, 4.69) is 87.7 Å². The van der Waals surface area contributed by atoms with Gasteiger partial charge in [-0.25, -0.2) is 5.48 Å². The van der Waals surface area contributed by atoms with Crippen LogP contribution < -0.4 is 10.2 Å². The third-order valence-corrected chi connectivity index (χ3v) is 7.65. The summed E-state index contributed by atoms with van der Waals surface area (Å²) in [5, 5.41) is 10.1. The molecule has 1 aliphatic rings. The van der Waals surface area contributed by atoms with E-state index in [1.165, 1.54) is 39.2 Å². The number of amides is 1. The van der Waals surface area contributed by atoms with Gasteiger partial charge in [-0.3, -0.25) is 14.9 Å². The number of hydrogen-bond donors (Lipinski definition) is 3. The van der Waals surface area contributed by atoms with Crippen molar-refractivity contribution >= 4 is 22.9 Å². The Bertz CT molecular complexity index is 1460. The van der Waals surface area contributed by atoms with Gasteiger partial charge in [0.2, 0.25) is 0 Å². The highest BCUT2D eigenvalue weighted by Crippen LogP contribution is 2.37.